The van der Waals surface area contributed by atoms with E-state index in [1.807, 2.05) is 0 Å². The first-order valence-electron chi connectivity index (χ1n) is 9.54. The number of hydrogen-bond acceptors (Lipinski definition) is 1. The van der Waals surface area contributed by atoms with Gasteiger partial charge in [0.25, 0.3) is 0 Å². The van der Waals surface area contributed by atoms with E-state index >= 15 is 0 Å². The van der Waals surface area contributed by atoms with Gasteiger partial charge in [0.05, 0.1) is 0 Å². The Kier molecular flexibility index (Phi) is 2.80. The van der Waals surface area contributed by atoms with Crippen molar-refractivity contribution >= 4 is 0 Å². The maximum absolute atomic E-state index is 2.98. The van der Waals surface area contributed by atoms with E-state index in [9.17, 15) is 0 Å². The number of likely N-dealkylation sites (tertiary alicyclic amines) is 1. The molecule has 6 aliphatic rings. The summed E-state index contributed by atoms with van der Waals surface area (Å²) in [6.07, 6.45) is 17.2. The Morgan fingerprint density at radius 2 is 1.45 bits per heavy atom. The van der Waals surface area contributed by atoms with Gasteiger partial charge in [-0.3, -0.25) is 4.90 Å². The van der Waals surface area contributed by atoms with Crippen molar-refractivity contribution in [2.75, 3.05) is 13.1 Å². The summed E-state index contributed by atoms with van der Waals surface area (Å²) in [6.45, 7) is 2.94. The lowest BCUT2D eigenvalue weighted by Gasteiger charge is -2.58. The Labute approximate surface area is 124 Å². The molecule has 112 valence electrons. The Morgan fingerprint density at radius 3 is 2.15 bits per heavy atom. The van der Waals surface area contributed by atoms with Crippen LogP contribution in [0.3, 0.4) is 0 Å². The van der Waals surface area contributed by atoms with Crippen LogP contribution in [-0.2, 0) is 0 Å². The second-order valence-electron chi connectivity index (χ2n) is 9.29. The van der Waals surface area contributed by atoms with Crippen molar-refractivity contribution in [3.05, 3.63) is 0 Å². The summed E-state index contributed by atoms with van der Waals surface area (Å²) in [4.78, 5) is 2.98. The number of fused-ring (bicyclic) bond motifs is 1. The van der Waals surface area contributed by atoms with Crippen molar-refractivity contribution in [1.82, 2.24) is 4.90 Å². The van der Waals surface area contributed by atoms with Crippen molar-refractivity contribution in [2.24, 2.45) is 29.1 Å². The highest BCUT2D eigenvalue weighted by Crippen LogP contribution is 2.60. The number of nitrogens with zero attached hydrogens (tertiary/aromatic N) is 1. The van der Waals surface area contributed by atoms with Gasteiger partial charge in [-0.2, -0.15) is 0 Å². The van der Waals surface area contributed by atoms with E-state index in [1.54, 1.807) is 44.9 Å². The average Bonchev–Trinajstić information content (AvgIpc) is 2.80. The van der Waals surface area contributed by atoms with Gasteiger partial charge in [-0.05, 0) is 93.4 Å². The largest absolute Gasteiger partial charge is 0.300 e. The van der Waals surface area contributed by atoms with E-state index in [4.69, 9.17) is 0 Å². The minimum atomic E-state index is 0.779. The van der Waals surface area contributed by atoms with Crippen molar-refractivity contribution < 1.29 is 0 Å². The highest BCUT2D eigenvalue weighted by Gasteiger charge is 2.52. The highest BCUT2D eigenvalue weighted by atomic mass is 15.2. The topological polar surface area (TPSA) is 3.24 Å². The van der Waals surface area contributed by atoms with Crippen molar-refractivity contribution in [3.8, 4) is 0 Å². The molecule has 0 amide bonds. The Bertz CT molecular complexity index is 352. The van der Waals surface area contributed by atoms with Crippen LogP contribution in [0, 0.1) is 29.1 Å². The lowest BCUT2D eigenvalue weighted by Crippen LogP contribution is -2.52. The van der Waals surface area contributed by atoms with E-state index in [-0.39, 0.29) is 0 Å². The Hall–Kier alpha value is -0.0400. The van der Waals surface area contributed by atoms with E-state index in [0.717, 1.165) is 35.1 Å². The van der Waals surface area contributed by atoms with E-state index in [0.29, 0.717) is 0 Å². The Balaban J connectivity index is 1.34. The second kappa shape index (κ2) is 4.48. The van der Waals surface area contributed by atoms with Gasteiger partial charge in [0.1, 0.15) is 0 Å². The molecule has 0 radical (unpaired) electrons. The van der Waals surface area contributed by atoms with Crippen LogP contribution in [0.25, 0.3) is 0 Å². The van der Waals surface area contributed by atoms with Gasteiger partial charge in [0, 0.05) is 12.6 Å². The fourth-order valence-corrected chi connectivity index (χ4v) is 7.61. The first-order valence-corrected chi connectivity index (χ1v) is 9.54. The van der Waals surface area contributed by atoms with Crippen LogP contribution in [0.15, 0.2) is 0 Å². The van der Waals surface area contributed by atoms with E-state index < -0.39 is 0 Å². The van der Waals surface area contributed by atoms with Crippen molar-refractivity contribution in [1.29, 1.82) is 0 Å². The minimum absolute atomic E-state index is 0.779. The normalized spacial score (nSPS) is 54.3. The molecule has 0 unspecified atom stereocenters. The van der Waals surface area contributed by atoms with Crippen molar-refractivity contribution in [2.45, 2.75) is 76.7 Å². The summed E-state index contributed by atoms with van der Waals surface area (Å²) in [7, 11) is 0. The summed E-state index contributed by atoms with van der Waals surface area (Å²) in [5.74, 6) is 4.47. The number of rotatable bonds is 2. The van der Waals surface area contributed by atoms with Crippen LogP contribution in [0.5, 0.6) is 0 Å². The molecule has 0 N–H and O–H groups in total. The SMILES string of the molecule is C1CC[C@@H]2[C@H](C1)CCN2CC12CC3CC(CC(C3)C1)C2. The Morgan fingerprint density at radius 1 is 0.800 bits per heavy atom. The second-order valence-corrected chi connectivity index (χ2v) is 9.29. The summed E-state index contributed by atoms with van der Waals surface area (Å²) in [6, 6.07) is 0.997. The molecule has 5 aliphatic carbocycles. The van der Waals surface area contributed by atoms with Gasteiger partial charge in [-0.15, -0.1) is 0 Å². The van der Waals surface area contributed by atoms with Crippen LogP contribution < -0.4 is 0 Å². The van der Waals surface area contributed by atoms with Crippen LogP contribution in [0.1, 0.15) is 70.6 Å². The zero-order valence-corrected chi connectivity index (χ0v) is 13.0. The smallest absolute Gasteiger partial charge is 0.0124 e. The van der Waals surface area contributed by atoms with Gasteiger partial charge >= 0.3 is 0 Å². The first-order chi connectivity index (χ1) is 9.80. The van der Waals surface area contributed by atoms with E-state index in [2.05, 4.69) is 4.90 Å². The summed E-state index contributed by atoms with van der Waals surface area (Å²) in [5.41, 5.74) is 0.779. The fourth-order valence-electron chi connectivity index (χ4n) is 7.61. The molecule has 5 saturated carbocycles. The molecule has 1 aliphatic heterocycles. The standard InChI is InChI=1S/C19H31N/c1-2-4-18-17(3-1)5-6-20(18)13-19-10-14-7-15(11-19)9-16(8-14)12-19/h14-18H,1-13H2/t14?,15?,16?,17-,18-,19?/m1/s1. The predicted molar refractivity (Wildman–Crippen MR) is 82.5 cm³/mol. The monoisotopic (exact) mass is 273 g/mol. The lowest BCUT2D eigenvalue weighted by molar-refractivity contribution is -0.0726. The summed E-state index contributed by atoms with van der Waals surface area (Å²) in [5, 5.41) is 0. The molecule has 0 aromatic carbocycles. The van der Waals surface area contributed by atoms with Gasteiger partial charge in [0.2, 0.25) is 0 Å². The first kappa shape index (κ1) is 12.5. The van der Waals surface area contributed by atoms with Gasteiger partial charge < -0.3 is 0 Å². The highest BCUT2D eigenvalue weighted by molar-refractivity contribution is 5.04. The molecule has 6 rings (SSSR count). The van der Waals surface area contributed by atoms with Crippen molar-refractivity contribution in [3.63, 3.8) is 0 Å². The van der Waals surface area contributed by atoms with Crippen LogP contribution >= 0.6 is 0 Å². The van der Waals surface area contributed by atoms with E-state index in [1.165, 1.54) is 38.8 Å². The quantitative estimate of drug-likeness (QED) is 0.717. The fraction of sp³-hybridized carbons (Fsp3) is 1.00. The van der Waals surface area contributed by atoms with Crippen LogP contribution in [0.4, 0.5) is 0 Å². The van der Waals surface area contributed by atoms with Crippen LogP contribution in [-0.4, -0.2) is 24.0 Å². The molecule has 20 heavy (non-hydrogen) atoms. The molecule has 0 aromatic heterocycles. The lowest BCUT2D eigenvalue weighted by atomic mass is 9.49. The average molecular weight is 273 g/mol. The third-order valence-corrected chi connectivity index (χ3v) is 7.83. The maximum atomic E-state index is 2.98. The van der Waals surface area contributed by atoms with Crippen LogP contribution in [0.2, 0.25) is 0 Å². The molecular weight excluding hydrogens is 242 g/mol. The van der Waals surface area contributed by atoms with Gasteiger partial charge in [-0.1, -0.05) is 12.8 Å². The molecule has 1 heterocycles. The summed E-state index contributed by atoms with van der Waals surface area (Å²) < 4.78 is 0. The minimum Gasteiger partial charge on any atom is -0.300 e. The zero-order chi connectivity index (χ0) is 13.2. The number of hydrogen-bond donors (Lipinski definition) is 0. The molecule has 4 bridgehead atoms. The molecule has 6 fully saturated rings. The zero-order valence-electron chi connectivity index (χ0n) is 13.0. The molecular formula is C19H31N. The molecule has 2 atom stereocenters. The maximum Gasteiger partial charge on any atom is 0.0124 e. The van der Waals surface area contributed by atoms with Gasteiger partial charge in [0.15, 0.2) is 0 Å². The molecule has 0 spiro atoms. The molecule has 1 nitrogen and oxygen atoms in total. The third-order valence-electron chi connectivity index (χ3n) is 7.83. The van der Waals surface area contributed by atoms with Gasteiger partial charge in [-0.25, -0.2) is 0 Å². The predicted octanol–water partition coefficient (Wildman–Crippen LogP) is 4.47. The summed E-state index contributed by atoms with van der Waals surface area (Å²) >= 11 is 0. The third kappa shape index (κ3) is 1.91. The molecule has 0 aromatic rings. The molecule has 1 saturated heterocycles. The molecule has 1 heteroatoms.